The highest BCUT2D eigenvalue weighted by atomic mass is 35.5. The number of aliphatic carboxylic acids is 1. The number of hydrogen-bond donors (Lipinski definition) is 1. The predicted octanol–water partition coefficient (Wildman–Crippen LogP) is 4.10. The van der Waals surface area contributed by atoms with Crippen LogP contribution < -0.4 is 9.47 Å². The van der Waals surface area contributed by atoms with Crippen LogP contribution in [0.4, 0.5) is 0 Å². The third kappa shape index (κ3) is 4.03. The normalized spacial score (nSPS) is 15.9. The minimum absolute atomic E-state index is 0.0245. The molecule has 2 rings (SSSR count). The van der Waals surface area contributed by atoms with Gasteiger partial charge in [0.05, 0.1) is 19.6 Å². The van der Waals surface area contributed by atoms with Crippen molar-refractivity contribution in [1.29, 1.82) is 0 Å². The van der Waals surface area contributed by atoms with Crippen LogP contribution in [0, 0.1) is 5.92 Å². The molecule has 0 saturated heterocycles. The van der Waals surface area contributed by atoms with Crippen molar-refractivity contribution in [3.63, 3.8) is 0 Å². The second-order valence-corrected chi connectivity index (χ2v) is 6.17. The Morgan fingerprint density at radius 1 is 1.43 bits per heavy atom. The second-order valence-electron chi connectivity index (χ2n) is 5.73. The molecule has 4 nitrogen and oxygen atoms in total. The molecule has 0 aromatic heterocycles. The zero-order valence-electron chi connectivity index (χ0n) is 12.6. The van der Waals surface area contributed by atoms with Crippen molar-refractivity contribution < 1.29 is 19.4 Å². The molecule has 1 fully saturated rings. The van der Waals surface area contributed by atoms with Gasteiger partial charge in [-0.25, -0.2) is 0 Å². The fourth-order valence-corrected chi connectivity index (χ4v) is 2.81. The minimum atomic E-state index is -0.804. The number of carboxylic acids is 1. The summed E-state index contributed by atoms with van der Waals surface area (Å²) in [5, 5.41) is 9.72. The summed E-state index contributed by atoms with van der Waals surface area (Å²) in [7, 11) is 1.56. The summed E-state index contributed by atoms with van der Waals surface area (Å²) in [4.78, 5) is 11.2. The van der Waals surface area contributed by atoms with Crippen molar-refractivity contribution >= 4 is 17.6 Å². The Balaban J connectivity index is 2.47. The largest absolute Gasteiger partial charge is 0.493 e. The van der Waals surface area contributed by atoms with Gasteiger partial charge in [0, 0.05) is 22.6 Å². The molecule has 1 aliphatic rings. The molecule has 1 N–H and O–H groups in total. The van der Waals surface area contributed by atoms with Gasteiger partial charge in [0.15, 0.2) is 11.5 Å². The molecule has 1 aromatic rings. The van der Waals surface area contributed by atoms with Gasteiger partial charge < -0.3 is 14.6 Å². The van der Waals surface area contributed by atoms with Crippen LogP contribution in [-0.4, -0.2) is 24.3 Å². The average molecular weight is 313 g/mol. The van der Waals surface area contributed by atoms with Crippen LogP contribution >= 0.6 is 11.6 Å². The zero-order chi connectivity index (χ0) is 15.6. The summed E-state index contributed by atoms with van der Waals surface area (Å²) in [5.41, 5.74) is 0.845. The highest BCUT2D eigenvalue weighted by molar-refractivity contribution is 6.30. The lowest BCUT2D eigenvalue weighted by Gasteiger charge is -2.23. The molecular formula is C16H21ClO4. The molecule has 5 heteroatoms. The Labute approximate surface area is 130 Å². The Kier molecular flexibility index (Phi) is 4.99. The molecule has 0 spiro atoms. The van der Waals surface area contributed by atoms with Gasteiger partial charge in [-0.2, -0.15) is 0 Å². The molecule has 0 amide bonds. The number of halogens is 1. The lowest BCUT2D eigenvalue weighted by atomic mass is 9.90. The van der Waals surface area contributed by atoms with E-state index in [1.54, 1.807) is 13.2 Å². The van der Waals surface area contributed by atoms with Crippen molar-refractivity contribution in [2.75, 3.05) is 7.11 Å². The van der Waals surface area contributed by atoms with E-state index in [9.17, 15) is 9.90 Å². The summed E-state index contributed by atoms with van der Waals surface area (Å²) >= 11 is 6.16. The zero-order valence-corrected chi connectivity index (χ0v) is 13.3. The first kappa shape index (κ1) is 16.0. The monoisotopic (exact) mass is 312 g/mol. The first-order valence-electron chi connectivity index (χ1n) is 7.18. The maximum atomic E-state index is 11.2. The van der Waals surface area contributed by atoms with Crippen LogP contribution in [0.2, 0.25) is 5.02 Å². The Bertz CT molecular complexity index is 523. The first-order chi connectivity index (χ1) is 9.92. The fourth-order valence-electron chi connectivity index (χ4n) is 2.59. The molecule has 1 aliphatic carbocycles. The van der Waals surface area contributed by atoms with Crippen LogP contribution in [0.5, 0.6) is 11.5 Å². The maximum absolute atomic E-state index is 11.2. The second kappa shape index (κ2) is 6.56. The fraction of sp³-hybridized carbons (Fsp3) is 0.562. The molecule has 116 valence electrons. The van der Waals surface area contributed by atoms with Crippen LogP contribution in [0.1, 0.15) is 44.6 Å². The van der Waals surface area contributed by atoms with E-state index in [1.165, 1.54) is 0 Å². The van der Waals surface area contributed by atoms with Crippen LogP contribution in [-0.2, 0) is 4.79 Å². The van der Waals surface area contributed by atoms with Crippen LogP contribution in [0.25, 0.3) is 0 Å². The molecule has 0 aliphatic heterocycles. The molecule has 0 heterocycles. The van der Waals surface area contributed by atoms with E-state index in [-0.39, 0.29) is 18.4 Å². The quantitative estimate of drug-likeness (QED) is 0.823. The van der Waals surface area contributed by atoms with Crippen LogP contribution in [0.15, 0.2) is 12.1 Å². The number of carboxylic acid groups (broad SMARTS) is 1. The molecule has 1 atom stereocenters. The molecule has 0 radical (unpaired) electrons. The highest BCUT2D eigenvalue weighted by Crippen LogP contribution is 2.50. The minimum Gasteiger partial charge on any atom is -0.493 e. The summed E-state index contributed by atoms with van der Waals surface area (Å²) < 4.78 is 11.3. The third-order valence-corrected chi connectivity index (χ3v) is 3.83. The van der Waals surface area contributed by atoms with E-state index in [2.05, 4.69) is 0 Å². The van der Waals surface area contributed by atoms with Gasteiger partial charge in [0.25, 0.3) is 0 Å². The molecule has 1 unspecified atom stereocenters. The van der Waals surface area contributed by atoms with E-state index in [0.29, 0.717) is 22.4 Å². The van der Waals surface area contributed by atoms with Gasteiger partial charge in [-0.15, -0.1) is 0 Å². The van der Waals surface area contributed by atoms with E-state index in [1.807, 2.05) is 19.9 Å². The molecular weight excluding hydrogens is 292 g/mol. The van der Waals surface area contributed by atoms with Crippen molar-refractivity contribution in [3.8, 4) is 11.5 Å². The van der Waals surface area contributed by atoms with Crippen molar-refractivity contribution in [2.45, 2.75) is 45.1 Å². The van der Waals surface area contributed by atoms with E-state index >= 15 is 0 Å². The Morgan fingerprint density at radius 2 is 2.10 bits per heavy atom. The lowest BCUT2D eigenvalue weighted by molar-refractivity contribution is -0.137. The maximum Gasteiger partial charge on any atom is 0.303 e. The SMILES string of the molecule is COc1cc(Cl)cc(C(CC(=O)O)C2CC2)c1OC(C)C. The molecule has 0 bridgehead atoms. The summed E-state index contributed by atoms with van der Waals surface area (Å²) in [6.45, 7) is 3.86. The van der Waals surface area contributed by atoms with Gasteiger partial charge in [-0.05, 0) is 38.7 Å². The van der Waals surface area contributed by atoms with Gasteiger partial charge in [-0.1, -0.05) is 11.6 Å². The van der Waals surface area contributed by atoms with Gasteiger partial charge in [-0.3, -0.25) is 4.79 Å². The third-order valence-electron chi connectivity index (χ3n) is 3.61. The Morgan fingerprint density at radius 3 is 2.57 bits per heavy atom. The average Bonchev–Trinajstić information content (AvgIpc) is 3.21. The number of hydrogen-bond acceptors (Lipinski definition) is 3. The Hall–Kier alpha value is -1.42. The van der Waals surface area contributed by atoms with Crippen molar-refractivity contribution in [1.82, 2.24) is 0 Å². The molecule has 1 aromatic carbocycles. The number of benzene rings is 1. The number of carbonyl (C=O) groups is 1. The highest BCUT2D eigenvalue weighted by Gasteiger charge is 2.36. The van der Waals surface area contributed by atoms with E-state index in [0.717, 1.165) is 18.4 Å². The van der Waals surface area contributed by atoms with Gasteiger partial charge >= 0.3 is 5.97 Å². The van der Waals surface area contributed by atoms with Gasteiger partial charge in [0.2, 0.25) is 0 Å². The van der Waals surface area contributed by atoms with E-state index in [4.69, 9.17) is 21.1 Å². The summed E-state index contributed by atoms with van der Waals surface area (Å²) in [6.07, 6.45) is 2.16. The number of rotatable bonds is 7. The number of ether oxygens (including phenoxy) is 2. The van der Waals surface area contributed by atoms with Crippen molar-refractivity contribution in [2.24, 2.45) is 5.92 Å². The van der Waals surface area contributed by atoms with E-state index < -0.39 is 5.97 Å². The number of methoxy groups -OCH3 is 1. The first-order valence-corrected chi connectivity index (χ1v) is 7.56. The molecule has 1 saturated carbocycles. The van der Waals surface area contributed by atoms with Crippen LogP contribution in [0.3, 0.4) is 0 Å². The topological polar surface area (TPSA) is 55.8 Å². The summed E-state index contributed by atoms with van der Waals surface area (Å²) in [6, 6.07) is 3.52. The summed E-state index contributed by atoms with van der Waals surface area (Å²) in [5.74, 6) is 0.682. The predicted molar refractivity (Wildman–Crippen MR) is 81.5 cm³/mol. The van der Waals surface area contributed by atoms with Crippen molar-refractivity contribution in [3.05, 3.63) is 22.7 Å². The standard InChI is InChI=1S/C16H21ClO4/c1-9(2)21-16-13(6-11(17)7-14(16)20-3)12(8-15(18)19)10-4-5-10/h6-7,9-10,12H,4-5,8H2,1-3H3,(H,18,19). The lowest BCUT2D eigenvalue weighted by Crippen LogP contribution is -2.14. The van der Waals surface area contributed by atoms with Gasteiger partial charge in [0.1, 0.15) is 0 Å². The molecule has 21 heavy (non-hydrogen) atoms. The smallest absolute Gasteiger partial charge is 0.303 e.